The van der Waals surface area contributed by atoms with Gasteiger partial charge in [-0.15, -0.1) is 0 Å². The van der Waals surface area contributed by atoms with E-state index in [-0.39, 0.29) is 0 Å². The maximum Gasteiger partial charge on any atom is 0.230 e. The molecule has 0 radical (unpaired) electrons. The molecule has 0 N–H and O–H groups in total. The fraction of sp³-hybridized carbons (Fsp3) is 0.667. The Hall–Kier alpha value is -1.65. The Balaban J connectivity index is 1.39. The molecule has 2 saturated carbocycles. The van der Waals surface area contributed by atoms with E-state index in [4.69, 9.17) is 9.05 Å². The van der Waals surface area contributed by atoms with Gasteiger partial charge in [-0.2, -0.15) is 4.98 Å². The maximum atomic E-state index is 5.44. The molecule has 0 saturated heterocycles. The first kappa shape index (κ1) is 12.1. The normalized spacial score (nSPS) is 26.8. The van der Waals surface area contributed by atoms with E-state index in [9.17, 15) is 0 Å². The van der Waals surface area contributed by atoms with Gasteiger partial charge < -0.3 is 9.05 Å². The van der Waals surface area contributed by atoms with Gasteiger partial charge in [-0.25, -0.2) is 0 Å². The van der Waals surface area contributed by atoms with Gasteiger partial charge in [0.1, 0.15) is 6.26 Å². The zero-order valence-electron chi connectivity index (χ0n) is 11.5. The molecule has 0 amide bonds. The Kier molecular flexibility index (Phi) is 3.05. The molecule has 2 aliphatic carbocycles. The number of hydrogen-bond donors (Lipinski definition) is 0. The first-order chi connectivity index (χ1) is 9.90. The van der Waals surface area contributed by atoms with Crippen molar-refractivity contribution in [2.75, 3.05) is 0 Å². The highest BCUT2D eigenvalue weighted by Crippen LogP contribution is 2.54. The Labute approximate surface area is 117 Å². The summed E-state index contributed by atoms with van der Waals surface area (Å²) in [4.78, 5) is 4.53. The summed E-state index contributed by atoms with van der Waals surface area (Å²) >= 11 is 0. The van der Waals surface area contributed by atoms with Crippen LogP contribution in [0.4, 0.5) is 0 Å². The first-order valence-corrected chi connectivity index (χ1v) is 7.62. The highest BCUT2D eigenvalue weighted by Gasteiger charge is 2.47. The number of hydrogen-bond acceptors (Lipinski definition) is 5. The summed E-state index contributed by atoms with van der Waals surface area (Å²) in [6.45, 7) is 0. The van der Waals surface area contributed by atoms with E-state index in [0.717, 1.165) is 23.4 Å². The molecule has 2 heterocycles. The first-order valence-electron chi connectivity index (χ1n) is 7.62. The zero-order chi connectivity index (χ0) is 13.4. The summed E-state index contributed by atoms with van der Waals surface area (Å²) in [6.07, 6.45) is 10.4. The molecule has 0 aromatic carbocycles. The lowest BCUT2D eigenvalue weighted by Crippen LogP contribution is -2.09. The monoisotopic (exact) mass is 273 g/mol. The van der Waals surface area contributed by atoms with Gasteiger partial charge in [0, 0.05) is 12.0 Å². The average molecular weight is 273 g/mol. The molecule has 0 spiro atoms. The van der Waals surface area contributed by atoms with Crippen LogP contribution >= 0.6 is 0 Å². The quantitative estimate of drug-likeness (QED) is 0.854. The standard InChI is InChI=1S/C15H19N3O2/c1-2-4-10(5-3-1)12-9-13(12)15-16-14(18-20-15)8-11-6-7-19-17-11/h6-7,10,12-13H,1-5,8-9H2. The van der Waals surface area contributed by atoms with Crippen LogP contribution in [0.1, 0.15) is 61.9 Å². The highest BCUT2D eigenvalue weighted by molar-refractivity contribution is 5.11. The second-order valence-corrected chi connectivity index (χ2v) is 6.12. The second-order valence-electron chi connectivity index (χ2n) is 6.12. The van der Waals surface area contributed by atoms with E-state index in [1.807, 2.05) is 6.07 Å². The number of rotatable bonds is 4. The van der Waals surface area contributed by atoms with E-state index < -0.39 is 0 Å². The SMILES string of the molecule is c1cc(Cc2noc(C3CC3C3CCCCC3)n2)no1. The van der Waals surface area contributed by atoms with Crippen molar-refractivity contribution >= 4 is 0 Å². The van der Waals surface area contributed by atoms with Gasteiger partial charge in [-0.05, 0) is 18.3 Å². The van der Waals surface area contributed by atoms with Crippen molar-refractivity contribution in [2.45, 2.75) is 50.9 Å². The van der Waals surface area contributed by atoms with Crippen molar-refractivity contribution in [2.24, 2.45) is 11.8 Å². The van der Waals surface area contributed by atoms with Gasteiger partial charge in [0.15, 0.2) is 5.82 Å². The lowest BCUT2D eigenvalue weighted by atomic mass is 9.85. The van der Waals surface area contributed by atoms with E-state index in [2.05, 4.69) is 15.3 Å². The summed E-state index contributed by atoms with van der Waals surface area (Å²) < 4.78 is 10.3. The Bertz CT molecular complexity index is 557. The minimum atomic E-state index is 0.511. The lowest BCUT2D eigenvalue weighted by molar-refractivity contribution is 0.305. The minimum absolute atomic E-state index is 0.511. The van der Waals surface area contributed by atoms with Crippen LogP contribution in [0.3, 0.4) is 0 Å². The molecule has 0 aliphatic heterocycles. The number of nitrogens with zero attached hydrogens (tertiary/aromatic N) is 3. The van der Waals surface area contributed by atoms with Crippen LogP contribution in [0, 0.1) is 11.8 Å². The van der Waals surface area contributed by atoms with E-state index in [1.54, 1.807) is 6.26 Å². The van der Waals surface area contributed by atoms with Crippen LogP contribution in [0.25, 0.3) is 0 Å². The molecule has 2 atom stereocenters. The van der Waals surface area contributed by atoms with Crippen molar-refractivity contribution in [3.8, 4) is 0 Å². The van der Waals surface area contributed by atoms with Crippen LogP contribution in [-0.2, 0) is 6.42 Å². The fourth-order valence-corrected chi connectivity index (χ4v) is 3.56. The van der Waals surface area contributed by atoms with Gasteiger partial charge in [0.2, 0.25) is 5.89 Å². The molecular formula is C15H19N3O2. The van der Waals surface area contributed by atoms with Crippen LogP contribution in [0.5, 0.6) is 0 Å². The zero-order valence-corrected chi connectivity index (χ0v) is 11.5. The molecule has 2 aromatic heterocycles. The number of aromatic nitrogens is 3. The molecule has 20 heavy (non-hydrogen) atoms. The summed E-state index contributed by atoms with van der Waals surface area (Å²) in [7, 11) is 0. The Morgan fingerprint density at radius 1 is 1.15 bits per heavy atom. The average Bonchev–Trinajstić information content (AvgIpc) is 2.89. The molecule has 5 heteroatoms. The van der Waals surface area contributed by atoms with Crippen molar-refractivity contribution < 1.29 is 9.05 Å². The van der Waals surface area contributed by atoms with Gasteiger partial charge in [-0.3, -0.25) is 0 Å². The molecule has 2 unspecified atom stereocenters. The molecule has 106 valence electrons. The molecule has 0 bridgehead atoms. The van der Waals surface area contributed by atoms with Crippen LogP contribution in [-0.4, -0.2) is 15.3 Å². The molecule has 5 nitrogen and oxygen atoms in total. The second kappa shape index (κ2) is 5.04. The topological polar surface area (TPSA) is 65.0 Å². The van der Waals surface area contributed by atoms with Crippen molar-refractivity contribution in [1.82, 2.24) is 15.3 Å². The van der Waals surface area contributed by atoms with Gasteiger partial charge in [-0.1, -0.05) is 42.4 Å². The smallest absolute Gasteiger partial charge is 0.230 e. The minimum Gasteiger partial charge on any atom is -0.364 e. The maximum absolute atomic E-state index is 5.44. The molecular weight excluding hydrogens is 254 g/mol. The van der Waals surface area contributed by atoms with E-state index in [1.165, 1.54) is 38.5 Å². The van der Waals surface area contributed by atoms with Crippen LogP contribution in [0.2, 0.25) is 0 Å². The van der Waals surface area contributed by atoms with E-state index >= 15 is 0 Å². The summed E-state index contributed by atoms with van der Waals surface area (Å²) in [5, 5.41) is 7.94. The van der Waals surface area contributed by atoms with Gasteiger partial charge in [0.05, 0.1) is 12.1 Å². The highest BCUT2D eigenvalue weighted by atomic mass is 16.5. The molecule has 2 aliphatic rings. The molecule has 2 fully saturated rings. The van der Waals surface area contributed by atoms with Crippen LogP contribution < -0.4 is 0 Å². The summed E-state index contributed by atoms with van der Waals surface area (Å²) in [5.41, 5.74) is 0.844. The van der Waals surface area contributed by atoms with Gasteiger partial charge >= 0.3 is 0 Å². The van der Waals surface area contributed by atoms with Crippen LogP contribution in [0.15, 0.2) is 21.4 Å². The predicted octanol–water partition coefficient (Wildman–Crippen LogP) is 3.33. The third kappa shape index (κ3) is 2.37. The summed E-state index contributed by atoms with van der Waals surface area (Å²) in [5.74, 6) is 3.73. The largest absolute Gasteiger partial charge is 0.364 e. The lowest BCUT2D eigenvalue weighted by Gasteiger charge is -2.21. The van der Waals surface area contributed by atoms with Crippen molar-refractivity contribution in [3.63, 3.8) is 0 Å². The third-order valence-corrected chi connectivity index (χ3v) is 4.73. The Morgan fingerprint density at radius 2 is 2.05 bits per heavy atom. The summed E-state index contributed by atoms with van der Waals surface area (Å²) in [6, 6.07) is 1.83. The third-order valence-electron chi connectivity index (χ3n) is 4.73. The van der Waals surface area contributed by atoms with E-state index in [0.29, 0.717) is 18.2 Å². The Morgan fingerprint density at radius 3 is 2.85 bits per heavy atom. The fourth-order valence-electron chi connectivity index (χ4n) is 3.56. The van der Waals surface area contributed by atoms with Gasteiger partial charge in [0.25, 0.3) is 0 Å². The molecule has 4 rings (SSSR count). The van der Waals surface area contributed by atoms with Crippen molar-refractivity contribution in [1.29, 1.82) is 0 Å². The van der Waals surface area contributed by atoms with Crippen molar-refractivity contribution in [3.05, 3.63) is 29.7 Å². The predicted molar refractivity (Wildman–Crippen MR) is 71.0 cm³/mol. The molecule has 2 aromatic rings.